The van der Waals surface area contributed by atoms with Crippen LogP contribution in [0, 0.1) is 0 Å². The van der Waals surface area contributed by atoms with Crippen molar-refractivity contribution in [2.75, 3.05) is 32.4 Å². The van der Waals surface area contributed by atoms with E-state index in [0.29, 0.717) is 13.0 Å². The van der Waals surface area contributed by atoms with Crippen molar-refractivity contribution in [3.05, 3.63) is 0 Å². The highest BCUT2D eigenvalue weighted by Gasteiger charge is 2.23. The van der Waals surface area contributed by atoms with Crippen LogP contribution >= 0.6 is 0 Å². The molecule has 3 N–H and O–H groups in total. The maximum Gasteiger partial charge on any atom is 0.211 e. The standard InChI is InChI=1S/C9H21N3O2S/c1-12-6-4-9(8-12)11-15(13,14)7-3-2-5-10/h9,11H,2-8,10H2,1H3. The molecule has 5 nitrogen and oxygen atoms in total. The quantitative estimate of drug-likeness (QED) is 0.600. The van der Waals surface area contributed by atoms with Crippen LogP contribution in [0.5, 0.6) is 0 Å². The Morgan fingerprint density at radius 3 is 2.73 bits per heavy atom. The summed E-state index contributed by atoms with van der Waals surface area (Å²) in [6.07, 6.45) is 2.33. The molecule has 0 aliphatic carbocycles. The van der Waals surface area contributed by atoms with Gasteiger partial charge in [-0.3, -0.25) is 0 Å². The van der Waals surface area contributed by atoms with Crippen LogP contribution in [-0.4, -0.2) is 51.8 Å². The van der Waals surface area contributed by atoms with Gasteiger partial charge in [-0.15, -0.1) is 0 Å². The molecule has 0 aromatic carbocycles. The molecule has 1 aliphatic rings. The molecule has 0 bridgehead atoms. The molecule has 0 radical (unpaired) electrons. The number of nitrogens with two attached hydrogens (primary N) is 1. The highest BCUT2D eigenvalue weighted by molar-refractivity contribution is 7.89. The lowest BCUT2D eigenvalue weighted by atomic mass is 10.3. The molecule has 1 aliphatic heterocycles. The molecule has 1 atom stereocenters. The van der Waals surface area contributed by atoms with Crippen molar-refractivity contribution in [2.45, 2.75) is 25.3 Å². The molecule has 15 heavy (non-hydrogen) atoms. The number of hydrogen-bond acceptors (Lipinski definition) is 4. The predicted octanol–water partition coefficient (Wildman–Crippen LogP) is -0.651. The van der Waals surface area contributed by atoms with Crippen molar-refractivity contribution in [1.82, 2.24) is 9.62 Å². The molecule has 1 heterocycles. The lowest BCUT2D eigenvalue weighted by Gasteiger charge is -2.12. The number of nitrogens with one attached hydrogen (secondary N) is 1. The van der Waals surface area contributed by atoms with E-state index in [1.807, 2.05) is 7.05 Å². The van der Waals surface area contributed by atoms with Crippen LogP contribution in [0.25, 0.3) is 0 Å². The third kappa shape index (κ3) is 4.92. The van der Waals surface area contributed by atoms with Gasteiger partial charge in [0.15, 0.2) is 0 Å². The van der Waals surface area contributed by atoms with Gasteiger partial charge in [0.1, 0.15) is 0 Å². The minimum Gasteiger partial charge on any atom is -0.330 e. The number of nitrogens with zero attached hydrogens (tertiary/aromatic N) is 1. The SMILES string of the molecule is CN1CCC(NS(=O)(=O)CCCCN)C1. The Labute approximate surface area is 92.1 Å². The molecule has 0 saturated carbocycles. The fourth-order valence-electron chi connectivity index (χ4n) is 1.78. The summed E-state index contributed by atoms with van der Waals surface area (Å²) in [6, 6.07) is 0.0953. The molecular formula is C9H21N3O2S. The normalized spacial score (nSPS) is 23.5. The summed E-state index contributed by atoms with van der Waals surface area (Å²) < 4.78 is 25.9. The summed E-state index contributed by atoms with van der Waals surface area (Å²) in [5.41, 5.74) is 5.32. The first kappa shape index (κ1) is 12.9. The van der Waals surface area contributed by atoms with Gasteiger partial charge in [0.2, 0.25) is 10.0 Å². The van der Waals surface area contributed by atoms with E-state index in [9.17, 15) is 8.42 Å². The third-order valence-corrected chi connectivity index (χ3v) is 4.12. The first-order valence-electron chi connectivity index (χ1n) is 5.42. The Morgan fingerprint density at radius 1 is 1.47 bits per heavy atom. The van der Waals surface area contributed by atoms with Crippen molar-refractivity contribution in [3.63, 3.8) is 0 Å². The van der Waals surface area contributed by atoms with E-state index in [1.165, 1.54) is 0 Å². The minimum absolute atomic E-state index is 0.0953. The summed E-state index contributed by atoms with van der Waals surface area (Å²) in [7, 11) is -1.09. The van der Waals surface area contributed by atoms with Crippen molar-refractivity contribution < 1.29 is 8.42 Å². The molecule has 0 aromatic heterocycles. The zero-order valence-electron chi connectivity index (χ0n) is 9.28. The Morgan fingerprint density at radius 2 is 2.20 bits per heavy atom. The largest absolute Gasteiger partial charge is 0.330 e. The second kappa shape index (κ2) is 5.79. The lowest BCUT2D eigenvalue weighted by Crippen LogP contribution is -2.37. The average Bonchev–Trinajstić information content (AvgIpc) is 2.50. The second-order valence-electron chi connectivity index (χ2n) is 4.18. The van der Waals surface area contributed by atoms with Crippen LogP contribution in [0.4, 0.5) is 0 Å². The molecule has 1 fully saturated rings. The fraction of sp³-hybridized carbons (Fsp3) is 1.00. The van der Waals surface area contributed by atoms with Gasteiger partial charge in [-0.1, -0.05) is 0 Å². The van der Waals surface area contributed by atoms with E-state index in [-0.39, 0.29) is 11.8 Å². The molecule has 1 rings (SSSR count). The predicted molar refractivity (Wildman–Crippen MR) is 61.1 cm³/mol. The summed E-state index contributed by atoms with van der Waals surface area (Å²) in [5, 5.41) is 0. The number of sulfonamides is 1. The van der Waals surface area contributed by atoms with Crippen molar-refractivity contribution in [3.8, 4) is 0 Å². The van der Waals surface area contributed by atoms with Gasteiger partial charge in [0, 0.05) is 12.6 Å². The van der Waals surface area contributed by atoms with Gasteiger partial charge in [-0.05, 0) is 39.4 Å². The Kier molecular flexibility index (Phi) is 4.98. The van der Waals surface area contributed by atoms with Gasteiger partial charge >= 0.3 is 0 Å². The van der Waals surface area contributed by atoms with Gasteiger partial charge in [-0.2, -0.15) is 0 Å². The van der Waals surface area contributed by atoms with Crippen molar-refractivity contribution in [2.24, 2.45) is 5.73 Å². The number of likely N-dealkylation sites (tertiary alicyclic amines) is 1. The van der Waals surface area contributed by atoms with Crippen LogP contribution in [0.1, 0.15) is 19.3 Å². The number of hydrogen-bond donors (Lipinski definition) is 2. The maximum absolute atomic E-state index is 11.6. The van der Waals surface area contributed by atoms with E-state index < -0.39 is 10.0 Å². The molecule has 0 spiro atoms. The zero-order valence-corrected chi connectivity index (χ0v) is 10.1. The number of likely N-dealkylation sites (N-methyl/N-ethyl adjacent to an activating group) is 1. The second-order valence-corrected chi connectivity index (χ2v) is 6.05. The maximum atomic E-state index is 11.6. The monoisotopic (exact) mass is 235 g/mol. The number of unbranched alkanes of at least 4 members (excludes halogenated alkanes) is 1. The first-order valence-corrected chi connectivity index (χ1v) is 7.07. The fourth-order valence-corrected chi connectivity index (χ4v) is 3.18. The first-order chi connectivity index (χ1) is 7.03. The summed E-state index contributed by atoms with van der Waals surface area (Å²) >= 11 is 0. The minimum atomic E-state index is -3.09. The Bertz CT molecular complexity index is 279. The zero-order chi connectivity index (χ0) is 11.3. The smallest absolute Gasteiger partial charge is 0.211 e. The molecule has 1 unspecified atom stereocenters. The highest BCUT2D eigenvalue weighted by Crippen LogP contribution is 2.07. The third-order valence-electron chi connectivity index (χ3n) is 2.60. The number of rotatable bonds is 6. The Balaban J connectivity index is 2.29. The highest BCUT2D eigenvalue weighted by atomic mass is 32.2. The summed E-state index contributed by atoms with van der Waals surface area (Å²) in [5.74, 6) is 0.199. The van der Waals surface area contributed by atoms with Crippen LogP contribution in [0.3, 0.4) is 0 Å². The topological polar surface area (TPSA) is 75.4 Å². The van der Waals surface area contributed by atoms with Crippen molar-refractivity contribution in [1.29, 1.82) is 0 Å². The van der Waals surface area contributed by atoms with Crippen LogP contribution in [-0.2, 0) is 10.0 Å². The molecule has 0 amide bonds. The van der Waals surface area contributed by atoms with E-state index in [2.05, 4.69) is 9.62 Å². The van der Waals surface area contributed by atoms with Crippen LogP contribution in [0.15, 0.2) is 0 Å². The van der Waals surface area contributed by atoms with Crippen LogP contribution in [0.2, 0.25) is 0 Å². The summed E-state index contributed by atoms with van der Waals surface area (Å²) in [6.45, 7) is 2.34. The molecule has 90 valence electrons. The van der Waals surface area contributed by atoms with E-state index >= 15 is 0 Å². The van der Waals surface area contributed by atoms with E-state index in [1.54, 1.807) is 0 Å². The molecule has 6 heteroatoms. The van der Waals surface area contributed by atoms with Gasteiger partial charge in [0.25, 0.3) is 0 Å². The van der Waals surface area contributed by atoms with Crippen molar-refractivity contribution >= 4 is 10.0 Å². The Hall–Kier alpha value is -0.170. The average molecular weight is 235 g/mol. The van der Waals surface area contributed by atoms with E-state index in [4.69, 9.17) is 5.73 Å². The summed E-state index contributed by atoms with van der Waals surface area (Å²) in [4.78, 5) is 2.13. The van der Waals surface area contributed by atoms with E-state index in [0.717, 1.165) is 25.9 Å². The van der Waals surface area contributed by atoms with Crippen LogP contribution < -0.4 is 10.5 Å². The molecule has 1 saturated heterocycles. The van der Waals surface area contributed by atoms with Gasteiger partial charge in [-0.25, -0.2) is 13.1 Å². The molecular weight excluding hydrogens is 214 g/mol. The van der Waals surface area contributed by atoms with Gasteiger partial charge in [0.05, 0.1) is 5.75 Å². The lowest BCUT2D eigenvalue weighted by molar-refractivity contribution is 0.407. The molecule has 0 aromatic rings. The van der Waals surface area contributed by atoms with Gasteiger partial charge < -0.3 is 10.6 Å².